The highest BCUT2D eigenvalue weighted by Crippen LogP contribution is 2.13. The maximum atomic E-state index is 11.9. The SMILES string of the molecule is CCCCC/C=C\C[C@@H](O)/C=C/C=C\C/C=C\CCCC(=O)OC[C@@H](O)COC(=O)CCCCCCCCCCCCCC. The molecule has 0 aromatic carbocycles. The number of carbonyl (C=O) groups excluding carboxylic acids is 2. The van der Waals surface area contributed by atoms with E-state index in [1.807, 2.05) is 36.5 Å². The van der Waals surface area contributed by atoms with Gasteiger partial charge in [0.2, 0.25) is 0 Å². The average molecular weight is 619 g/mol. The van der Waals surface area contributed by atoms with Crippen molar-refractivity contribution in [3.63, 3.8) is 0 Å². The van der Waals surface area contributed by atoms with E-state index in [0.717, 1.165) is 38.5 Å². The number of hydrogen-bond donors (Lipinski definition) is 2. The predicted octanol–water partition coefficient (Wildman–Crippen LogP) is 9.64. The fourth-order valence-corrected chi connectivity index (χ4v) is 4.63. The van der Waals surface area contributed by atoms with Crippen LogP contribution in [0.5, 0.6) is 0 Å². The van der Waals surface area contributed by atoms with Gasteiger partial charge in [-0.3, -0.25) is 9.59 Å². The molecule has 44 heavy (non-hydrogen) atoms. The van der Waals surface area contributed by atoms with Gasteiger partial charge in [0, 0.05) is 12.8 Å². The Bertz CT molecular complexity index is 769. The summed E-state index contributed by atoms with van der Waals surface area (Å²) in [5, 5.41) is 19.9. The molecule has 254 valence electrons. The second-order valence-corrected chi connectivity index (χ2v) is 11.8. The van der Waals surface area contributed by atoms with E-state index in [1.54, 1.807) is 6.08 Å². The van der Waals surface area contributed by atoms with E-state index < -0.39 is 12.2 Å². The van der Waals surface area contributed by atoms with Crippen LogP contribution in [0.4, 0.5) is 0 Å². The number of ether oxygens (including phenoxy) is 2. The molecule has 0 bridgehead atoms. The van der Waals surface area contributed by atoms with E-state index in [0.29, 0.717) is 19.3 Å². The first-order valence-electron chi connectivity index (χ1n) is 17.8. The molecule has 0 heterocycles. The molecule has 0 saturated heterocycles. The fraction of sp³-hybridized carbons (Fsp3) is 0.737. The number of carbonyl (C=O) groups is 2. The molecule has 0 aliphatic heterocycles. The minimum Gasteiger partial charge on any atom is -0.463 e. The molecule has 0 aromatic rings. The second kappa shape index (κ2) is 33.7. The van der Waals surface area contributed by atoms with Gasteiger partial charge in [-0.15, -0.1) is 0 Å². The molecule has 6 heteroatoms. The molecule has 0 aliphatic carbocycles. The Morgan fingerprint density at radius 3 is 1.68 bits per heavy atom. The quantitative estimate of drug-likeness (QED) is 0.0348. The number of allylic oxidation sites excluding steroid dienone is 6. The van der Waals surface area contributed by atoms with E-state index in [4.69, 9.17) is 9.47 Å². The van der Waals surface area contributed by atoms with Crippen LogP contribution in [0.25, 0.3) is 0 Å². The van der Waals surface area contributed by atoms with Crippen LogP contribution in [-0.2, 0) is 19.1 Å². The molecule has 0 spiro atoms. The van der Waals surface area contributed by atoms with Crippen molar-refractivity contribution in [3.05, 3.63) is 48.6 Å². The van der Waals surface area contributed by atoms with Crippen LogP contribution < -0.4 is 0 Å². The second-order valence-electron chi connectivity index (χ2n) is 11.8. The van der Waals surface area contributed by atoms with Crippen molar-refractivity contribution >= 4 is 11.9 Å². The standard InChI is InChI=1S/C38H66O6/c1-3-5-7-9-11-12-13-14-15-19-23-27-31-37(41)43-33-36(40)34-44-38(42)32-28-24-20-17-16-18-22-26-30-35(39)29-25-21-10-8-6-4-2/h17-18,20-22,25-26,30,35-36,39-40H,3-16,19,23-24,27-29,31-34H2,1-2H3/b20-17-,22-18-,25-21-,30-26+/t35-,36+/m1/s1. The highest BCUT2D eigenvalue weighted by atomic mass is 16.6. The summed E-state index contributed by atoms with van der Waals surface area (Å²) < 4.78 is 10.2. The van der Waals surface area contributed by atoms with Crippen LogP contribution in [0.2, 0.25) is 0 Å². The van der Waals surface area contributed by atoms with E-state index in [-0.39, 0.29) is 31.6 Å². The summed E-state index contributed by atoms with van der Waals surface area (Å²) in [6, 6.07) is 0. The Balaban J connectivity index is 3.64. The lowest BCUT2D eigenvalue weighted by molar-refractivity contribution is -0.152. The highest BCUT2D eigenvalue weighted by molar-refractivity contribution is 5.69. The Morgan fingerprint density at radius 1 is 0.568 bits per heavy atom. The molecule has 0 unspecified atom stereocenters. The minimum absolute atomic E-state index is 0.148. The highest BCUT2D eigenvalue weighted by Gasteiger charge is 2.12. The number of unbranched alkanes of at least 4 members (excludes halogenated alkanes) is 15. The van der Waals surface area contributed by atoms with Crippen molar-refractivity contribution < 1.29 is 29.3 Å². The smallest absolute Gasteiger partial charge is 0.305 e. The van der Waals surface area contributed by atoms with Crippen molar-refractivity contribution in [2.45, 2.75) is 167 Å². The van der Waals surface area contributed by atoms with Gasteiger partial charge in [-0.25, -0.2) is 0 Å². The lowest BCUT2D eigenvalue weighted by Gasteiger charge is -2.12. The van der Waals surface area contributed by atoms with Gasteiger partial charge in [0.05, 0.1) is 6.10 Å². The Kier molecular flexibility index (Phi) is 32.0. The third-order valence-electron chi connectivity index (χ3n) is 7.40. The zero-order valence-corrected chi connectivity index (χ0v) is 28.3. The summed E-state index contributed by atoms with van der Waals surface area (Å²) in [5.74, 6) is -0.668. The van der Waals surface area contributed by atoms with Crippen LogP contribution in [0.15, 0.2) is 48.6 Å². The van der Waals surface area contributed by atoms with Gasteiger partial charge in [-0.1, -0.05) is 146 Å². The predicted molar refractivity (Wildman–Crippen MR) is 183 cm³/mol. The summed E-state index contributed by atoms with van der Waals surface area (Å²) in [6.07, 6.45) is 37.6. The maximum absolute atomic E-state index is 11.9. The summed E-state index contributed by atoms with van der Waals surface area (Å²) >= 11 is 0. The zero-order valence-electron chi connectivity index (χ0n) is 28.3. The molecule has 0 saturated carbocycles. The molecular weight excluding hydrogens is 552 g/mol. The van der Waals surface area contributed by atoms with Crippen molar-refractivity contribution in [3.8, 4) is 0 Å². The maximum Gasteiger partial charge on any atom is 0.305 e. The van der Waals surface area contributed by atoms with E-state index >= 15 is 0 Å². The Hall–Kier alpha value is -2.18. The summed E-state index contributed by atoms with van der Waals surface area (Å²) in [6.45, 7) is 4.13. The first kappa shape index (κ1) is 41.8. The molecule has 0 amide bonds. The number of aliphatic hydroxyl groups is 2. The number of esters is 2. The van der Waals surface area contributed by atoms with E-state index in [1.165, 1.54) is 77.0 Å². The monoisotopic (exact) mass is 618 g/mol. The molecule has 6 nitrogen and oxygen atoms in total. The zero-order chi connectivity index (χ0) is 32.4. The summed E-state index contributed by atoms with van der Waals surface area (Å²) in [4.78, 5) is 23.8. The molecule has 2 atom stereocenters. The topological polar surface area (TPSA) is 93.1 Å². The molecule has 2 N–H and O–H groups in total. The fourth-order valence-electron chi connectivity index (χ4n) is 4.63. The Morgan fingerprint density at radius 2 is 1.07 bits per heavy atom. The lowest BCUT2D eigenvalue weighted by atomic mass is 10.0. The van der Waals surface area contributed by atoms with Gasteiger partial charge in [0.15, 0.2) is 0 Å². The largest absolute Gasteiger partial charge is 0.463 e. The van der Waals surface area contributed by atoms with Crippen molar-refractivity contribution in [1.82, 2.24) is 0 Å². The van der Waals surface area contributed by atoms with Crippen LogP contribution in [0.3, 0.4) is 0 Å². The molecule has 0 radical (unpaired) electrons. The average Bonchev–Trinajstić information content (AvgIpc) is 3.02. The first-order valence-corrected chi connectivity index (χ1v) is 17.8. The number of aliphatic hydroxyl groups excluding tert-OH is 2. The minimum atomic E-state index is -1.00. The van der Waals surface area contributed by atoms with Crippen molar-refractivity contribution in [1.29, 1.82) is 0 Å². The first-order chi connectivity index (χ1) is 21.5. The molecule has 0 aromatic heterocycles. The van der Waals surface area contributed by atoms with Gasteiger partial charge in [0.1, 0.15) is 19.3 Å². The Labute approximate surface area is 270 Å². The third-order valence-corrected chi connectivity index (χ3v) is 7.40. The number of hydrogen-bond acceptors (Lipinski definition) is 6. The molecule has 0 aliphatic rings. The van der Waals surface area contributed by atoms with Crippen molar-refractivity contribution in [2.75, 3.05) is 13.2 Å². The van der Waals surface area contributed by atoms with Gasteiger partial charge in [-0.2, -0.15) is 0 Å². The normalized spacial score (nSPS) is 13.5. The third kappa shape index (κ3) is 32.7. The van der Waals surface area contributed by atoms with Gasteiger partial charge >= 0.3 is 11.9 Å². The van der Waals surface area contributed by atoms with E-state index in [2.05, 4.69) is 19.9 Å². The van der Waals surface area contributed by atoms with Crippen LogP contribution in [0, 0.1) is 0 Å². The van der Waals surface area contributed by atoms with Gasteiger partial charge in [0.25, 0.3) is 0 Å². The van der Waals surface area contributed by atoms with Crippen molar-refractivity contribution in [2.24, 2.45) is 0 Å². The molecular formula is C38H66O6. The summed E-state index contributed by atoms with van der Waals surface area (Å²) in [7, 11) is 0. The lowest BCUT2D eigenvalue weighted by Crippen LogP contribution is -2.25. The van der Waals surface area contributed by atoms with Gasteiger partial charge < -0.3 is 19.7 Å². The van der Waals surface area contributed by atoms with Crippen LogP contribution in [0.1, 0.15) is 155 Å². The summed E-state index contributed by atoms with van der Waals surface area (Å²) in [5.41, 5.74) is 0. The van der Waals surface area contributed by atoms with Crippen LogP contribution >= 0.6 is 0 Å². The molecule has 0 fully saturated rings. The van der Waals surface area contributed by atoms with Gasteiger partial charge in [-0.05, 0) is 44.9 Å². The molecule has 0 rings (SSSR count). The van der Waals surface area contributed by atoms with Crippen LogP contribution in [-0.4, -0.2) is 47.6 Å². The number of rotatable bonds is 31. The van der Waals surface area contributed by atoms with E-state index in [9.17, 15) is 19.8 Å².